The second-order valence-corrected chi connectivity index (χ2v) is 10.4. The van der Waals surface area contributed by atoms with Crippen LogP contribution in [0.5, 0.6) is 5.75 Å². The van der Waals surface area contributed by atoms with Crippen LogP contribution in [0.4, 0.5) is 10.1 Å². The summed E-state index contributed by atoms with van der Waals surface area (Å²) in [6, 6.07) is 11.4. The summed E-state index contributed by atoms with van der Waals surface area (Å²) in [5, 5.41) is 2.87. The Morgan fingerprint density at radius 1 is 1.12 bits per heavy atom. The lowest BCUT2D eigenvalue weighted by Gasteiger charge is -2.31. The normalized spacial score (nSPS) is 18.5. The summed E-state index contributed by atoms with van der Waals surface area (Å²) in [5.41, 5.74) is 1.06. The maximum atomic E-state index is 13.9. The van der Waals surface area contributed by atoms with Crippen molar-refractivity contribution in [3.05, 3.63) is 53.8 Å². The SMILES string of the molecule is COc1ccc(NC(=O)C2CCN(Cc3ccccc3F)CC2)cc1S(=O)(=O)N1CCOCC1. The van der Waals surface area contributed by atoms with Crippen molar-refractivity contribution in [2.45, 2.75) is 24.3 Å². The van der Waals surface area contributed by atoms with Crippen molar-refractivity contribution in [2.24, 2.45) is 5.92 Å². The molecule has 34 heavy (non-hydrogen) atoms. The number of likely N-dealkylation sites (tertiary alicyclic amines) is 1. The number of morpholine rings is 1. The first-order chi connectivity index (χ1) is 16.4. The Morgan fingerprint density at radius 2 is 1.82 bits per heavy atom. The van der Waals surface area contributed by atoms with Crippen molar-refractivity contribution in [3.8, 4) is 5.75 Å². The highest BCUT2D eigenvalue weighted by Gasteiger charge is 2.30. The topological polar surface area (TPSA) is 88.2 Å². The van der Waals surface area contributed by atoms with Crippen molar-refractivity contribution in [1.82, 2.24) is 9.21 Å². The molecule has 184 valence electrons. The Hall–Kier alpha value is -2.53. The second kappa shape index (κ2) is 10.8. The molecular weight excluding hydrogens is 461 g/mol. The molecule has 0 aliphatic carbocycles. The van der Waals surface area contributed by atoms with Crippen molar-refractivity contribution in [3.63, 3.8) is 0 Å². The molecule has 0 unspecified atom stereocenters. The van der Waals surface area contributed by atoms with Crippen LogP contribution in [0.25, 0.3) is 0 Å². The largest absolute Gasteiger partial charge is 0.495 e. The fourth-order valence-electron chi connectivity index (χ4n) is 4.35. The Bertz CT molecular complexity index is 1110. The first kappa shape index (κ1) is 24.6. The minimum Gasteiger partial charge on any atom is -0.495 e. The molecule has 2 saturated heterocycles. The highest BCUT2D eigenvalue weighted by Crippen LogP contribution is 2.31. The predicted octanol–water partition coefficient (Wildman–Crippen LogP) is 2.71. The average Bonchev–Trinajstić information content (AvgIpc) is 2.86. The molecular formula is C24H30FN3O5S. The maximum absolute atomic E-state index is 13.9. The number of benzene rings is 2. The van der Waals surface area contributed by atoms with E-state index in [1.165, 1.54) is 23.5 Å². The van der Waals surface area contributed by atoms with Gasteiger partial charge in [-0.1, -0.05) is 18.2 Å². The third-order valence-electron chi connectivity index (χ3n) is 6.33. The quantitative estimate of drug-likeness (QED) is 0.641. The van der Waals surface area contributed by atoms with Crippen LogP contribution in [0.2, 0.25) is 0 Å². The fraction of sp³-hybridized carbons (Fsp3) is 0.458. The van der Waals surface area contributed by atoms with Gasteiger partial charge in [-0.3, -0.25) is 9.69 Å². The van der Waals surface area contributed by atoms with Crippen LogP contribution >= 0.6 is 0 Å². The molecule has 10 heteroatoms. The van der Waals surface area contributed by atoms with Gasteiger partial charge in [-0.15, -0.1) is 0 Å². The molecule has 2 fully saturated rings. The van der Waals surface area contributed by atoms with Crippen LogP contribution in [0.15, 0.2) is 47.4 Å². The van der Waals surface area contributed by atoms with Gasteiger partial charge in [0.1, 0.15) is 16.5 Å². The van der Waals surface area contributed by atoms with E-state index in [1.54, 1.807) is 24.3 Å². The smallest absolute Gasteiger partial charge is 0.246 e. The van der Waals surface area contributed by atoms with E-state index in [4.69, 9.17) is 9.47 Å². The summed E-state index contributed by atoms with van der Waals surface area (Å²) in [7, 11) is -2.37. The van der Waals surface area contributed by atoms with E-state index in [9.17, 15) is 17.6 Å². The number of methoxy groups -OCH3 is 1. The summed E-state index contributed by atoms with van der Waals surface area (Å²) >= 11 is 0. The summed E-state index contributed by atoms with van der Waals surface area (Å²) in [4.78, 5) is 15.1. The van der Waals surface area contributed by atoms with Crippen molar-refractivity contribution in [1.29, 1.82) is 0 Å². The molecule has 1 amide bonds. The molecule has 0 atom stereocenters. The van der Waals surface area contributed by atoms with E-state index < -0.39 is 10.0 Å². The number of hydrogen-bond acceptors (Lipinski definition) is 6. The van der Waals surface area contributed by atoms with Crippen LogP contribution in [-0.2, 0) is 26.1 Å². The zero-order valence-electron chi connectivity index (χ0n) is 19.2. The molecule has 0 bridgehead atoms. The molecule has 2 aliphatic rings. The third-order valence-corrected chi connectivity index (χ3v) is 8.25. The molecule has 0 radical (unpaired) electrons. The highest BCUT2D eigenvalue weighted by molar-refractivity contribution is 7.89. The van der Waals surface area contributed by atoms with E-state index in [2.05, 4.69) is 10.2 Å². The number of hydrogen-bond donors (Lipinski definition) is 1. The van der Waals surface area contributed by atoms with Gasteiger partial charge in [-0.25, -0.2) is 12.8 Å². The number of carbonyl (C=O) groups is 1. The molecule has 2 aromatic rings. The van der Waals surface area contributed by atoms with E-state index >= 15 is 0 Å². The lowest BCUT2D eigenvalue weighted by molar-refractivity contribution is -0.121. The van der Waals surface area contributed by atoms with E-state index in [-0.39, 0.29) is 41.4 Å². The van der Waals surface area contributed by atoms with Crippen LogP contribution in [0.1, 0.15) is 18.4 Å². The van der Waals surface area contributed by atoms with Gasteiger partial charge in [0.2, 0.25) is 15.9 Å². The number of amides is 1. The van der Waals surface area contributed by atoms with Gasteiger partial charge in [0.15, 0.2) is 0 Å². The molecule has 0 spiro atoms. The minimum absolute atomic E-state index is 0.0226. The molecule has 2 aromatic carbocycles. The number of nitrogens with zero attached hydrogens (tertiary/aromatic N) is 2. The number of nitrogens with one attached hydrogen (secondary N) is 1. The maximum Gasteiger partial charge on any atom is 0.246 e. The molecule has 2 heterocycles. The Morgan fingerprint density at radius 3 is 2.50 bits per heavy atom. The highest BCUT2D eigenvalue weighted by atomic mass is 32.2. The van der Waals surface area contributed by atoms with Crippen molar-refractivity contribution >= 4 is 21.6 Å². The standard InChI is InChI=1S/C24H30FN3O5S/c1-32-22-7-6-20(16-23(22)34(30,31)28-12-14-33-15-13-28)26-24(29)18-8-10-27(11-9-18)17-19-4-2-3-5-21(19)25/h2-7,16,18H,8-15,17H2,1H3,(H,26,29). The number of halogens is 1. The molecule has 4 rings (SSSR count). The zero-order chi connectivity index (χ0) is 24.1. The van der Waals surface area contributed by atoms with Crippen LogP contribution < -0.4 is 10.1 Å². The first-order valence-electron chi connectivity index (χ1n) is 11.4. The molecule has 0 saturated carbocycles. The number of sulfonamides is 1. The van der Waals surface area contributed by atoms with Crippen molar-refractivity contribution < 1.29 is 27.1 Å². The van der Waals surface area contributed by atoms with Gasteiger partial charge >= 0.3 is 0 Å². The monoisotopic (exact) mass is 491 g/mol. The predicted molar refractivity (Wildman–Crippen MR) is 126 cm³/mol. The van der Waals surface area contributed by atoms with E-state index in [1.807, 2.05) is 6.07 Å². The lowest BCUT2D eigenvalue weighted by atomic mass is 9.95. The summed E-state index contributed by atoms with van der Waals surface area (Å²) in [5.74, 6) is -0.334. The molecule has 8 nitrogen and oxygen atoms in total. The Labute approximate surface area is 199 Å². The summed E-state index contributed by atoms with van der Waals surface area (Å²) < 4.78 is 52.2. The minimum atomic E-state index is -3.79. The number of rotatable bonds is 7. The molecule has 1 N–H and O–H groups in total. The van der Waals surface area contributed by atoms with E-state index in [0.29, 0.717) is 56.9 Å². The Balaban J connectivity index is 1.39. The van der Waals surface area contributed by atoms with Gasteiger partial charge < -0.3 is 14.8 Å². The number of ether oxygens (including phenoxy) is 2. The second-order valence-electron chi connectivity index (χ2n) is 8.51. The number of piperidine rings is 1. The Kier molecular flexibility index (Phi) is 7.82. The fourth-order valence-corrected chi connectivity index (χ4v) is 5.94. The van der Waals surface area contributed by atoms with Gasteiger partial charge in [0, 0.05) is 36.8 Å². The summed E-state index contributed by atoms with van der Waals surface area (Å²) in [6.45, 7) is 3.11. The van der Waals surface area contributed by atoms with Crippen molar-refractivity contribution in [2.75, 3.05) is 51.8 Å². The van der Waals surface area contributed by atoms with Crippen LogP contribution in [0.3, 0.4) is 0 Å². The first-order valence-corrected chi connectivity index (χ1v) is 12.8. The van der Waals surface area contributed by atoms with Gasteiger partial charge in [-0.05, 0) is 50.2 Å². The molecule has 0 aromatic heterocycles. The number of carbonyl (C=O) groups excluding carboxylic acids is 1. The number of anilines is 1. The zero-order valence-corrected chi connectivity index (χ0v) is 20.0. The third kappa shape index (κ3) is 5.57. The van der Waals surface area contributed by atoms with Crippen LogP contribution in [-0.4, -0.2) is 70.0 Å². The molecule has 2 aliphatic heterocycles. The van der Waals surface area contributed by atoms with Gasteiger partial charge in [-0.2, -0.15) is 4.31 Å². The van der Waals surface area contributed by atoms with Gasteiger partial charge in [0.05, 0.1) is 20.3 Å². The van der Waals surface area contributed by atoms with Crippen LogP contribution in [0, 0.1) is 11.7 Å². The van der Waals surface area contributed by atoms with E-state index in [0.717, 1.165) is 0 Å². The summed E-state index contributed by atoms with van der Waals surface area (Å²) in [6.07, 6.45) is 1.30. The average molecular weight is 492 g/mol. The lowest BCUT2D eigenvalue weighted by Crippen LogP contribution is -2.40. The van der Waals surface area contributed by atoms with Gasteiger partial charge in [0.25, 0.3) is 0 Å².